The van der Waals surface area contributed by atoms with E-state index in [-0.39, 0.29) is 5.78 Å². The van der Waals surface area contributed by atoms with Gasteiger partial charge in [-0.2, -0.15) is 0 Å². The second-order valence-electron chi connectivity index (χ2n) is 7.07. The molecule has 4 rings (SSSR count). The van der Waals surface area contributed by atoms with E-state index in [2.05, 4.69) is 35.9 Å². The third-order valence-electron chi connectivity index (χ3n) is 5.02. The van der Waals surface area contributed by atoms with Crippen LogP contribution in [-0.2, 0) is 4.74 Å². The summed E-state index contributed by atoms with van der Waals surface area (Å²) in [6, 6.07) is 8.22. The summed E-state index contributed by atoms with van der Waals surface area (Å²) in [6.07, 6.45) is 3.34. The van der Waals surface area contributed by atoms with Crippen LogP contribution < -0.4 is 4.90 Å². The van der Waals surface area contributed by atoms with E-state index >= 15 is 0 Å². The van der Waals surface area contributed by atoms with Gasteiger partial charge < -0.3 is 9.64 Å². The second kappa shape index (κ2) is 7.08. The number of pyridine rings is 1. The molecule has 27 heavy (non-hydrogen) atoms. The van der Waals surface area contributed by atoms with Crippen LogP contribution in [0.1, 0.15) is 32.9 Å². The van der Waals surface area contributed by atoms with E-state index in [9.17, 15) is 4.79 Å². The van der Waals surface area contributed by atoms with Crippen LogP contribution in [-0.4, -0.2) is 42.8 Å². The zero-order chi connectivity index (χ0) is 19.0. The maximum Gasteiger partial charge on any atom is 0.204 e. The SMILES string of the molecule is Cc1ccc2c(n1)C(=O)C=CC2=Nc1c(C)cc(N2CCOCC2)cc1C. The monoisotopic (exact) mass is 361 g/mol. The van der Waals surface area contributed by atoms with Crippen molar-refractivity contribution >= 4 is 22.9 Å². The number of ether oxygens (including phenoxy) is 1. The van der Waals surface area contributed by atoms with Gasteiger partial charge in [0.15, 0.2) is 0 Å². The molecule has 1 aromatic heterocycles. The lowest BCUT2D eigenvalue weighted by atomic mass is 9.98. The number of carbonyl (C=O) groups is 1. The first kappa shape index (κ1) is 17.6. The van der Waals surface area contributed by atoms with Crippen LogP contribution >= 0.6 is 0 Å². The molecule has 0 spiro atoms. The minimum Gasteiger partial charge on any atom is -0.378 e. The van der Waals surface area contributed by atoms with E-state index in [0.29, 0.717) is 5.69 Å². The Bertz CT molecular complexity index is 947. The first-order valence-corrected chi connectivity index (χ1v) is 9.26. The predicted molar refractivity (Wildman–Crippen MR) is 108 cm³/mol. The Balaban J connectivity index is 1.74. The summed E-state index contributed by atoms with van der Waals surface area (Å²) in [5.41, 5.74) is 7.30. The average molecular weight is 361 g/mol. The third-order valence-corrected chi connectivity index (χ3v) is 5.02. The van der Waals surface area contributed by atoms with E-state index in [1.165, 1.54) is 5.69 Å². The van der Waals surface area contributed by atoms with E-state index < -0.39 is 0 Å². The van der Waals surface area contributed by atoms with Crippen molar-refractivity contribution in [1.82, 2.24) is 4.98 Å². The Hall–Kier alpha value is -2.79. The molecule has 5 heteroatoms. The average Bonchev–Trinajstić information content (AvgIpc) is 2.67. The van der Waals surface area contributed by atoms with Crippen molar-refractivity contribution in [3.05, 3.63) is 64.5 Å². The molecule has 1 saturated heterocycles. The highest BCUT2D eigenvalue weighted by atomic mass is 16.5. The highest BCUT2D eigenvalue weighted by Crippen LogP contribution is 2.31. The minimum absolute atomic E-state index is 0.0660. The molecule has 1 aliphatic carbocycles. The number of fused-ring (bicyclic) bond motifs is 1. The molecule has 2 heterocycles. The van der Waals surface area contributed by atoms with Gasteiger partial charge in [-0.1, -0.05) is 0 Å². The summed E-state index contributed by atoms with van der Waals surface area (Å²) in [6.45, 7) is 9.42. The van der Waals surface area contributed by atoms with E-state index in [1.54, 1.807) is 12.2 Å². The van der Waals surface area contributed by atoms with Gasteiger partial charge in [-0.15, -0.1) is 0 Å². The molecule has 5 nitrogen and oxygen atoms in total. The Kier molecular flexibility index (Phi) is 4.62. The molecule has 2 aromatic rings. The quantitative estimate of drug-likeness (QED) is 0.818. The summed E-state index contributed by atoms with van der Waals surface area (Å²) in [4.78, 5) is 23.8. The van der Waals surface area contributed by atoms with Crippen LogP contribution in [0.2, 0.25) is 0 Å². The number of nitrogens with zero attached hydrogens (tertiary/aromatic N) is 3. The first-order valence-electron chi connectivity index (χ1n) is 9.26. The highest BCUT2D eigenvalue weighted by molar-refractivity contribution is 6.23. The molecule has 1 aromatic carbocycles. The number of carbonyl (C=O) groups excluding carboxylic acids is 1. The van der Waals surface area contributed by atoms with Gasteiger partial charge in [-0.3, -0.25) is 4.79 Å². The van der Waals surface area contributed by atoms with Crippen LogP contribution in [0.5, 0.6) is 0 Å². The number of ketones is 1. The lowest BCUT2D eigenvalue weighted by molar-refractivity contribution is 0.104. The van der Waals surface area contributed by atoms with Crippen molar-refractivity contribution in [2.24, 2.45) is 4.99 Å². The van der Waals surface area contributed by atoms with Crippen molar-refractivity contribution in [2.75, 3.05) is 31.2 Å². The van der Waals surface area contributed by atoms with Gasteiger partial charge in [0.1, 0.15) is 5.69 Å². The number of morpholine rings is 1. The summed E-state index contributed by atoms with van der Waals surface area (Å²) >= 11 is 0. The largest absolute Gasteiger partial charge is 0.378 e. The smallest absolute Gasteiger partial charge is 0.204 e. The topological polar surface area (TPSA) is 54.8 Å². The van der Waals surface area contributed by atoms with E-state index in [0.717, 1.165) is 60.1 Å². The molecule has 0 amide bonds. The third kappa shape index (κ3) is 3.43. The maximum atomic E-state index is 12.2. The van der Waals surface area contributed by atoms with Gasteiger partial charge in [0.05, 0.1) is 24.6 Å². The van der Waals surface area contributed by atoms with Crippen LogP contribution in [0.3, 0.4) is 0 Å². The lowest BCUT2D eigenvalue weighted by Gasteiger charge is -2.29. The van der Waals surface area contributed by atoms with Crippen molar-refractivity contribution in [3.8, 4) is 0 Å². The van der Waals surface area contributed by atoms with Crippen LogP contribution in [0.15, 0.2) is 41.4 Å². The van der Waals surface area contributed by atoms with Crippen molar-refractivity contribution in [3.63, 3.8) is 0 Å². The molecule has 2 aliphatic rings. The Labute approximate surface area is 159 Å². The van der Waals surface area contributed by atoms with Gasteiger partial charge in [0, 0.05) is 30.0 Å². The van der Waals surface area contributed by atoms with Crippen molar-refractivity contribution < 1.29 is 9.53 Å². The summed E-state index contributed by atoms with van der Waals surface area (Å²) < 4.78 is 5.45. The van der Waals surface area contributed by atoms with E-state index in [4.69, 9.17) is 9.73 Å². The predicted octanol–water partition coefficient (Wildman–Crippen LogP) is 3.72. The molecule has 1 aliphatic heterocycles. The number of rotatable bonds is 2. The Morgan fingerprint density at radius 1 is 1.04 bits per heavy atom. The maximum absolute atomic E-state index is 12.2. The summed E-state index contributed by atoms with van der Waals surface area (Å²) in [5.74, 6) is -0.0660. The molecular weight excluding hydrogens is 338 g/mol. The fourth-order valence-corrected chi connectivity index (χ4v) is 3.61. The standard InChI is InChI=1S/C22H23N3O2/c1-14-12-17(25-8-10-27-11-9-25)13-15(2)21(14)24-19-6-7-20(26)22-18(19)5-4-16(3)23-22/h4-7,12-13H,8-11H2,1-3H3. The number of aryl methyl sites for hydroxylation is 3. The molecule has 0 unspecified atom stereocenters. The van der Waals surface area contributed by atoms with Crippen molar-refractivity contribution in [1.29, 1.82) is 0 Å². The number of anilines is 1. The van der Waals surface area contributed by atoms with Gasteiger partial charge >= 0.3 is 0 Å². The van der Waals surface area contributed by atoms with Gasteiger partial charge in [0.25, 0.3) is 0 Å². The number of benzene rings is 1. The first-order chi connectivity index (χ1) is 13.0. The number of hydrogen-bond donors (Lipinski definition) is 0. The highest BCUT2D eigenvalue weighted by Gasteiger charge is 2.20. The molecule has 0 bridgehead atoms. The fraction of sp³-hybridized carbons (Fsp3) is 0.318. The van der Waals surface area contributed by atoms with Crippen LogP contribution in [0.4, 0.5) is 11.4 Å². The molecule has 0 atom stereocenters. The van der Waals surface area contributed by atoms with Gasteiger partial charge in [-0.05, 0) is 68.3 Å². The zero-order valence-electron chi connectivity index (χ0n) is 16.0. The number of aliphatic imine (C=N–C) groups is 1. The van der Waals surface area contributed by atoms with Crippen LogP contribution in [0.25, 0.3) is 0 Å². The van der Waals surface area contributed by atoms with Gasteiger partial charge in [-0.25, -0.2) is 9.98 Å². The minimum atomic E-state index is -0.0660. The summed E-state index contributed by atoms with van der Waals surface area (Å²) in [7, 11) is 0. The lowest BCUT2D eigenvalue weighted by Crippen LogP contribution is -2.36. The number of allylic oxidation sites excluding steroid dienone is 2. The second-order valence-corrected chi connectivity index (χ2v) is 7.07. The Morgan fingerprint density at radius 3 is 2.44 bits per heavy atom. The number of aromatic nitrogens is 1. The molecule has 0 N–H and O–H groups in total. The Morgan fingerprint density at radius 2 is 1.74 bits per heavy atom. The molecule has 1 fully saturated rings. The van der Waals surface area contributed by atoms with E-state index in [1.807, 2.05) is 19.1 Å². The fourth-order valence-electron chi connectivity index (χ4n) is 3.61. The molecule has 138 valence electrons. The van der Waals surface area contributed by atoms with Crippen LogP contribution in [0, 0.1) is 20.8 Å². The number of hydrogen-bond acceptors (Lipinski definition) is 5. The molecule has 0 saturated carbocycles. The van der Waals surface area contributed by atoms with Gasteiger partial charge in [0.2, 0.25) is 5.78 Å². The normalized spacial score (nSPS) is 18.1. The summed E-state index contributed by atoms with van der Waals surface area (Å²) in [5, 5.41) is 0. The zero-order valence-corrected chi connectivity index (χ0v) is 16.0. The van der Waals surface area contributed by atoms with Crippen molar-refractivity contribution in [2.45, 2.75) is 20.8 Å². The molecular formula is C22H23N3O2. The molecule has 0 radical (unpaired) electrons.